The number of fused-ring (bicyclic) bond motifs is 1. The Kier molecular flexibility index (Phi) is 5.53. The Morgan fingerprint density at radius 3 is 2.38 bits per heavy atom. The van der Waals surface area contributed by atoms with Crippen LogP contribution in [0.4, 0.5) is 0 Å². The van der Waals surface area contributed by atoms with Gasteiger partial charge in [0.05, 0.1) is 12.1 Å². The fourth-order valence-corrected chi connectivity index (χ4v) is 3.69. The van der Waals surface area contributed by atoms with E-state index in [2.05, 4.69) is 31.0 Å². The molecule has 2 amide bonds. The minimum Gasteiger partial charge on any atom is -0.366 e. The van der Waals surface area contributed by atoms with E-state index in [1.165, 1.54) is 0 Å². The number of hydrogen-bond donors (Lipinski definition) is 3. The molecule has 3 aromatic carbocycles. The molecule has 2 aromatic heterocycles. The molecule has 5 aromatic rings. The summed E-state index contributed by atoms with van der Waals surface area (Å²) in [6.45, 7) is 0.800. The predicted octanol–water partition coefficient (Wildman–Crippen LogP) is 2.29. The SMILES string of the molecule is NC(=O)c1ccc(Cn2nc(C(=O)NCc3ccc(-c4nnn[nH]4)cc3)c3ccccc32)cc1. The quantitative estimate of drug-likeness (QED) is 0.346. The van der Waals surface area contributed by atoms with Gasteiger partial charge in [0, 0.05) is 23.1 Å². The van der Waals surface area contributed by atoms with Crippen molar-refractivity contribution in [2.45, 2.75) is 13.1 Å². The largest absolute Gasteiger partial charge is 0.366 e. The lowest BCUT2D eigenvalue weighted by molar-refractivity contribution is 0.0945. The molecule has 0 fully saturated rings. The molecule has 0 aliphatic heterocycles. The number of primary amides is 1. The van der Waals surface area contributed by atoms with E-state index in [1.54, 1.807) is 16.8 Å². The van der Waals surface area contributed by atoms with Crippen LogP contribution in [0.5, 0.6) is 0 Å². The monoisotopic (exact) mass is 452 g/mol. The number of nitrogens with zero attached hydrogens (tertiary/aromatic N) is 5. The smallest absolute Gasteiger partial charge is 0.272 e. The highest BCUT2D eigenvalue weighted by Gasteiger charge is 2.17. The van der Waals surface area contributed by atoms with Gasteiger partial charge in [0.15, 0.2) is 11.5 Å². The lowest BCUT2D eigenvalue weighted by Crippen LogP contribution is -2.23. The molecule has 0 aliphatic rings. The first kappa shape index (κ1) is 21.0. The number of rotatable bonds is 7. The highest BCUT2D eigenvalue weighted by Crippen LogP contribution is 2.20. The number of benzene rings is 3. The lowest BCUT2D eigenvalue weighted by Gasteiger charge is -2.05. The molecule has 168 valence electrons. The van der Waals surface area contributed by atoms with Crippen molar-refractivity contribution in [2.24, 2.45) is 5.73 Å². The molecule has 0 aliphatic carbocycles. The molecule has 10 heteroatoms. The van der Waals surface area contributed by atoms with Crippen molar-refractivity contribution in [1.82, 2.24) is 35.7 Å². The van der Waals surface area contributed by atoms with Gasteiger partial charge in [0.25, 0.3) is 5.91 Å². The van der Waals surface area contributed by atoms with Crippen molar-refractivity contribution >= 4 is 22.7 Å². The molecule has 0 atom stereocenters. The molecule has 0 saturated carbocycles. The third-order valence-corrected chi connectivity index (χ3v) is 5.47. The summed E-state index contributed by atoms with van der Waals surface area (Å²) in [6.07, 6.45) is 0. The molecule has 2 heterocycles. The summed E-state index contributed by atoms with van der Waals surface area (Å²) in [5.41, 5.74) is 9.69. The molecule has 0 saturated heterocycles. The van der Waals surface area contributed by atoms with Crippen LogP contribution in [-0.4, -0.2) is 42.2 Å². The van der Waals surface area contributed by atoms with Gasteiger partial charge in [0.1, 0.15) is 0 Å². The summed E-state index contributed by atoms with van der Waals surface area (Å²) in [5, 5.41) is 22.0. The van der Waals surface area contributed by atoms with Gasteiger partial charge >= 0.3 is 0 Å². The van der Waals surface area contributed by atoms with Crippen LogP contribution in [0.3, 0.4) is 0 Å². The van der Waals surface area contributed by atoms with Crippen LogP contribution in [0.25, 0.3) is 22.3 Å². The standard InChI is InChI=1S/C24H20N8O2/c25-22(33)17-9-7-16(8-10-17)14-32-20-4-2-1-3-19(20)21(29-32)24(34)26-13-15-5-11-18(12-6-15)23-27-30-31-28-23/h1-12H,13-14H2,(H2,25,33)(H,26,34)(H,27,28,30,31). The number of tetrazole rings is 1. The van der Waals surface area contributed by atoms with Crippen LogP contribution in [0.1, 0.15) is 32.0 Å². The highest BCUT2D eigenvalue weighted by atomic mass is 16.2. The van der Waals surface area contributed by atoms with E-state index in [4.69, 9.17) is 5.73 Å². The number of carbonyl (C=O) groups is 2. The minimum atomic E-state index is -0.473. The first-order valence-corrected chi connectivity index (χ1v) is 10.5. The van der Waals surface area contributed by atoms with E-state index in [-0.39, 0.29) is 5.91 Å². The van der Waals surface area contributed by atoms with E-state index in [1.807, 2.05) is 60.7 Å². The van der Waals surface area contributed by atoms with Crippen LogP contribution < -0.4 is 11.1 Å². The summed E-state index contributed by atoms with van der Waals surface area (Å²) < 4.78 is 1.78. The normalized spacial score (nSPS) is 10.9. The first-order chi connectivity index (χ1) is 16.6. The van der Waals surface area contributed by atoms with Crippen LogP contribution in [0, 0.1) is 0 Å². The molecule has 0 bridgehead atoms. The summed E-state index contributed by atoms with van der Waals surface area (Å²) in [4.78, 5) is 24.3. The Balaban J connectivity index is 1.33. The third-order valence-electron chi connectivity index (χ3n) is 5.47. The second-order valence-corrected chi connectivity index (χ2v) is 7.71. The topological polar surface area (TPSA) is 144 Å². The van der Waals surface area contributed by atoms with Crippen molar-refractivity contribution in [3.8, 4) is 11.4 Å². The summed E-state index contributed by atoms with van der Waals surface area (Å²) >= 11 is 0. The fraction of sp³-hybridized carbons (Fsp3) is 0.0833. The Morgan fingerprint density at radius 1 is 0.941 bits per heavy atom. The second kappa shape index (κ2) is 8.94. The molecular weight excluding hydrogens is 432 g/mol. The molecule has 34 heavy (non-hydrogen) atoms. The number of aromatic amines is 1. The van der Waals surface area contributed by atoms with Gasteiger partial charge < -0.3 is 11.1 Å². The summed E-state index contributed by atoms with van der Waals surface area (Å²) in [5.74, 6) is -0.154. The summed E-state index contributed by atoms with van der Waals surface area (Å²) in [6, 6.07) is 22.2. The van der Waals surface area contributed by atoms with Gasteiger partial charge in [-0.3, -0.25) is 14.3 Å². The number of hydrogen-bond acceptors (Lipinski definition) is 6. The van der Waals surface area contributed by atoms with Gasteiger partial charge in [-0.2, -0.15) is 5.10 Å². The molecule has 0 unspecified atom stereocenters. The van der Waals surface area contributed by atoms with Crippen molar-refractivity contribution < 1.29 is 9.59 Å². The Hall–Kier alpha value is -4.86. The predicted molar refractivity (Wildman–Crippen MR) is 125 cm³/mol. The maximum atomic E-state index is 13.0. The van der Waals surface area contributed by atoms with Crippen molar-refractivity contribution in [3.05, 3.63) is 95.2 Å². The maximum Gasteiger partial charge on any atom is 0.272 e. The van der Waals surface area contributed by atoms with E-state index in [0.29, 0.717) is 30.2 Å². The van der Waals surface area contributed by atoms with Gasteiger partial charge in [0.2, 0.25) is 5.91 Å². The van der Waals surface area contributed by atoms with Gasteiger partial charge in [-0.05, 0) is 39.8 Å². The lowest BCUT2D eigenvalue weighted by atomic mass is 10.1. The zero-order valence-corrected chi connectivity index (χ0v) is 18.0. The maximum absolute atomic E-state index is 13.0. The van der Waals surface area contributed by atoms with Crippen molar-refractivity contribution in [2.75, 3.05) is 0 Å². The zero-order valence-electron chi connectivity index (χ0n) is 18.0. The molecule has 5 rings (SSSR count). The van der Waals surface area contributed by atoms with Gasteiger partial charge in [-0.1, -0.05) is 54.6 Å². The van der Waals surface area contributed by atoms with Crippen LogP contribution in [0.15, 0.2) is 72.8 Å². The second-order valence-electron chi connectivity index (χ2n) is 7.71. The Bertz CT molecular complexity index is 1460. The Labute approximate surface area is 193 Å². The van der Waals surface area contributed by atoms with E-state index >= 15 is 0 Å². The molecule has 0 spiro atoms. The van der Waals surface area contributed by atoms with Gasteiger partial charge in [-0.25, -0.2) is 5.10 Å². The van der Waals surface area contributed by atoms with E-state index < -0.39 is 5.91 Å². The average Bonchev–Trinajstić information content (AvgIpc) is 3.52. The zero-order chi connectivity index (χ0) is 23.5. The van der Waals surface area contributed by atoms with Gasteiger partial charge in [-0.15, -0.1) is 5.10 Å². The molecule has 0 radical (unpaired) electrons. The van der Waals surface area contributed by atoms with E-state index in [0.717, 1.165) is 27.6 Å². The molecule has 4 N–H and O–H groups in total. The van der Waals surface area contributed by atoms with Crippen LogP contribution in [0.2, 0.25) is 0 Å². The van der Waals surface area contributed by atoms with E-state index in [9.17, 15) is 9.59 Å². The highest BCUT2D eigenvalue weighted by molar-refractivity contribution is 6.04. The Morgan fingerprint density at radius 2 is 1.68 bits per heavy atom. The van der Waals surface area contributed by atoms with Crippen LogP contribution in [-0.2, 0) is 13.1 Å². The fourth-order valence-electron chi connectivity index (χ4n) is 3.69. The van der Waals surface area contributed by atoms with Crippen molar-refractivity contribution in [3.63, 3.8) is 0 Å². The number of para-hydroxylation sites is 1. The average molecular weight is 452 g/mol. The third kappa shape index (κ3) is 4.24. The number of amides is 2. The minimum absolute atomic E-state index is 0.262. The van der Waals surface area contributed by atoms with Crippen molar-refractivity contribution in [1.29, 1.82) is 0 Å². The molecule has 10 nitrogen and oxygen atoms in total. The number of nitrogens with one attached hydrogen (secondary N) is 2. The first-order valence-electron chi connectivity index (χ1n) is 10.5. The summed E-state index contributed by atoms with van der Waals surface area (Å²) in [7, 11) is 0. The number of carbonyl (C=O) groups excluding carboxylic acids is 2. The number of aromatic nitrogens is 6. The molecular formula is C24H20N8O2. The van der Waals surface area contributed by atoms with Crippen LogP contribution >= 0.6 is 0 Å². The number of H-pyrrole nitrogens is 1. The number of nitrogens with two attached hydrogens (primary N) is 1.